The minimum absolute atomic E-state index is 0.744. The van der Waals surface area contributed by atoms with Gasteiger partial charge in [-0.15, -0.1) is 0 Å². The Labute approximate surface area is 134 Å². The van der Waals surface area contributed by atoms with Gasteiger partial charge >= 0.3 is 0 Å². The molecule has 0 bridgehead atoms. The predicted molar refractivity (Wildman–Crippen MR) is 90.4 cm³/mol. The Morgan fingerprint density at radius 3 is 2.72 bits per heavy atom. The molecule has 0 saturated heterocycles. The van der Waals surface area contributed by atoms with Gasteiger partial charge in [0.2, 0.25) is 0 Å². The second kappa shape index (κ2) is 6.26. The van der Waals surface area contributed by atoms with E-state index in [-0.39, 0.29) is 0 Å². The first-order valence-electron chi connectivity index (χ1n) is 5.50. The van der Waals surface area contributed by atoms with Gasteiger partial charge in [-0.1, -0.05) is 23.7 Å². The Hall–Kier alpha value is -0.260. The normalized spacial score (nSPS) is 10.4. The molecule has 94 valence electrons. The molecule has 0 radical (unpaired) electrons. The van der Waals surface area contributed by atoms with Gasteiger partial charge in [-0.2, -0.15) is 0 Å². The number of aryl methyl sites for hydroxylation is 1. The smallest absolute Gasteiger partial charge is 0.0551 e. The molecule has 0 heterocycles. The largest absolute Gasteiger partial charge is 0.381 e. The zero-order chi connectivity index (χ0) is 13.1. The molecule has 0 aliphatic carbocycles. The highest BCUT2D eigenvalue weighted by atomic mass is 127. The summed E-state index contributed by atoms with van der Waals surface area (Å²) in [4.78, 5) is 0. The summed E-state index contributed by atoms with van der Waals surface area (Å²) in [7, 11) is 0. The van der Waals surface area contributed by atoms with Gasteiger partial charge in [0, 0.05) is 20.3 Å². The van der Waals surface area contributed by atoms with E-state index in [2.05, 4.69) is 75.0 Å². The molecule has 18 heavy (non-hydrogen) atoms. The second-order valence-corrected chi connectivity index (χ2v) is 6.57. The fraction of sp³-hybridized carbons (Fsp3) is 0.143. The molecule has 0 atom stereocenters. The number of rotatable bonds is 3. The van der Waals surface area contributed by atoms with E-state index in [0.717, 1.165) is 16.0 Å². The summed E-state index contributed by atoms with van der Waals surface area (Å²) in [5.74, 6) is 0. The van der Waals surface area contributed by atoms with E-state index in [9.17, 15) is 0 Å². The van der Waals surface area contributed by atoms with E-state index in [4.69, 9.17) is 11.6 Å². The zero-order valence-electron chi connectivity index (χ0n) is 9.81. The lowest BCUT2D eigenvalue weighted by molar-refractivity contribution is 1.14. The lowest BCUT2D eigenvalue weighted by Crippen LogP contribution is -2.01. The second-order valence-electron chi connectivity index (χ2n) is 4.06. The van der Waals surface area contributed by atoms with Gasteiger partial charge in [0.25, 0.3) is 0 Å². The monoisotopic (exact) mass is 435 g/mol. The Kier molecular flexibility index (Phi) is 4.92. The van der Waals surface area contributed by atoms with E-state index in [1.807, 2.05) is 12.1 Å². The minimum atomic E-state index is 0.744. The van der Waals surface area contributed by atoms with Crippen LogP contribution in [-0.4, -0.2) is 0 Å². The van der Waals surface area contributed by atoms with Crippen LogP contribution in [0.15, 0.2) is 40.9 Å². The van der Waals surface area contributed by atoms with Crippen molar-refractivity contribution in [3.8, 4) is 0 Å². The predicted octanol–water partition coefficient (Wildman–Crippen LogP) is 5.63. The van der Waals surface area contributed by atoms with Crippen LogP contribution < -0.4 is 5.32 Å². The molecular weight excluding hydrogens is 424 g/mol. The molecule has 2 rings (SSSR count). The molecule has 0 spiro atoms. The van der Waals surface area contributed by atoms with Gasteiger partial charge in [-0.25, -0.2) is 0 Å². The Bertz CT molecular complexity index is 572. The number of benzene rings is 2. The minimum Gasteiger partial charge on any atom is -0.381 e. The Morgan fingerprint density at radius 2 is 2.00 bits per heavy atom. The molecule has 0 aromatic heterocycles. The Balaban J connectivity index is 2.11. The van der Waals surface area contributed by atoms with E-state index >= 15 is 0 Å². The van der Waals surface area contributed by atoms with Crippen LogP contribution in [0.3, 0.4) is 0 Å². The summed E-state index contributed by atoms with van der Waals surface area (Å²) < 4.78 is 2.16. The summed E-state index contributed by atoms with van der Waals surface area (Å²) in [6.45, 7) is 2.88. The van der Waals surface area contributed by atoms with Gasteiger partial charge < -0.3 is 5.32 Å². The maximum absolute atomic E-state index is 6.08. The van der Waals surface area contributed by atoms with Gasteiger partial charge in [-0.3, -0.25) is 0 Å². The SMILES string of the molecule is Cc1ccc(I)cc1NCc1ccc(Br)c(Cl)c1. The van der Waals surface area contributed by atoms with Gasteiger partial charge in [-0.05, 0) is 80.8 Å². The molecular formula is C14H12BrClIN. The van der Waals surface area contributed by atoms with E-state index in [1.54, 1.807) is 0 Å². The van der Waals surface area contributed by atoms with Crippen molar-refractivity contribution in [2.75, 3.05) is 5.32 Å². The molecule has 1 nitrogen and oxygen atoms in total. The van der Waals surface area contributed by atoms with Crippen molar-refractivity contribution in [2.45, 2.75) is 13.5 Å². The van der Waals surface area contributed by atoms with Gasteiger partial charge in [0.1, 0.15) is 0 Å². The quantitative estimate of drug-likeness (QED) is 0.615. The van der Waals surface area contributed by atoms with Crippen molar-refractivity contribution in [3.05, 3.63) is 60.6 Å². The van der Waals surface area contributed by atoms with Crippen LogP contribution >= 0.6 is 50.1 Å². The first kappa shape index (κ1) is 14.2. The number of hydrogen-bond acceptors (Lipinski definition) is 1. The molecule has 4 heteroatoms. The van der Waals surface area contributed by atoms with Crippen molar-refractivity contribution >= 4 is 55.8 Å². The van der Waals surface area contributed by atoms with Crippen LogP contribution in [-0.2, 0) is 6.54 Å². The highest BCUT2D eigenvalue weighted by Gasteiger charge is 2.01. The first-order valence-corrected chi connectivity index (χ1v) is 7.75. The van der Waals surface area contributed by atoms with Gasteiger partial charge in [0.15, 0.2) is 0 Å². The Morgan fingerprint density at radius 1 is 1.22 bits per heavy atom. The summed E-state index contributed by atoms with van der Waals surface area (Å²) in [6, 6.07) is 12.4. The number of halogens is 3. The van der Waals surface area contributed by atoms with Crippen LogP contribution in [0.2, 0.25) is 5.02 Å². The van der Waals surface area contributed by atoms with Gasteiger partial charge in [0.05, 0.1) is 5.02 Å². The summed E-state index contributed by atoms with van der Waals surface area (Å²) in [5, 5.41) is 4.18. The molecule has 2 aromatic rings. The standard InChI is InChI=1S/C14H12BrClIN/c1-9-2-4-11(17)7-14(9)18-8-10-3-5-12(15)13(16)6-10/h2-7,18H,8H2,1H3. The molecule has 0 aliphatic heterocycles. The van der Waals surface area contributed by atoms with Crippen molar-refractivity contribution in [1.82, 2.24) is 0 Å². The first-order chi connectivity index (χ1) is 8.56. The maximum atomic E-state index is 6.08. The maximum Gasteiger partial charge on any atom is 0.0551 e. The number of anilines is 1. The fourth-order valence-electron chi connectivity index (χ4n) is 1.63. The molecule has 0 aliphatic rings. The van der Waals surface area contributed by atoms with Crippen molar-refractivity contribution in [3.63, 3.8) is 0 Å². The van der Waals surface area contributed by atoms with Crippen LogP contribution in [0.4, 0.5) is 5.69 Å². The van der Waals surface area contributed by atoms with Crippen LogP contribution in [0.25, 0.3) is 0 Å². The van der Waals surface area contributed by atoms with Crippen molar-refractivity contribution < 1.29 is 0 Å². The third-order valence-electron chi connectivity index (χ3n) is 2.67. The molecule has 0 unspecified atom stereocenters. The zero-order valence-corrected chi connectivity index (χ0v) is 14.3. The number of nitrogens with one attached hydrogen (secondary N) is 1. The average Bonchev–Trinajstić information content (AvgIpc) is 2.34. The number of hydrogen-bond donors (Lipinski definition) is 1. The molecule has 0 amide bonds. The molecule has 2 aromatic carbocycles. The topological polar surface area (TPSA) is 12.0 Å². The third-order valence-corrected chi connectivity index (χ3v) is 4.57. The van der Waals surface area contributed by atoms with Crippen LogP contribution in [0.1, 0.15) is 11.1 Å². The van der Waals surface area contributed by atoms with Crippen molar-refractivity contribution in [2.24, 2.45) is 0 Å². The van der Waals surface area contributed by atoms with Crippen molar-refractivity contribution in [1.29, 1.82) is 0 Å². The highest BCUT2D eigenvalue weighted by Crippen LogP contribution is 2.24. The van der Waals surface area contributed by atoms with Crippen LogP contribution in [0, 0.1) is 10.5 Å². The molecule has 1 N–H and O–H groups in total. The third kappa shape index (κ3) is 3.62. The highest BCUT2D eigenvalue weighted by molar-refractivity contribution is 14.1. The summed E-state index contributed by atoms with van der Waals surface area (Å²) in [5.41, 5.74) is 3.58. The molecule has 0 saturated carbocycles. The summed E-state index contributed by atoms with van der Waals surface area (Å²) in [6.07, 6.45) is 0. The lowest BCUT2D eigenvalue weighted by Gasteiger charge is -2.10. The van der Waals surface area contributed by atoms with E-state index in [0.29, 0.717) is 0 Å². The van der Waals surface area contributed by atoms with E-state index < -0.39 is 0 Å². The van der Waals surface area contributed by atoms with E-state index in [1.165, 1.54) is 20.4 Å². The lowest BCUT2D eigenvalue weighted by atomic mass is 10.2. The fourth-order valence-corrected chi connectivity index (χ4v) is 2.57. The average molecular weight is 437 g/mol. The summed E-state index contributed by atoms with van der Waals surface area (Å²) >= 11 is 11.8. The molecule has 0 fully saturated rings. The van der Waals surface area contributed by atoms with Crippen LogP contribution in [0.5, 0.6) is 0 Å².